The van der Waals surface area contributed by atoms with Crippen molar-refractivity contribution in [2.75, 3.05) is 14.2 Å². The van der Waals surface area contributed by atoms with Gasteiger partial charge in [-0.2, -0.15) is 0 Å². The highest BCUT2D eigenvalue weighted by Gasteiger charge is 2.26. The third-order valence-corrected chi connectivity index (χ3v) is 4.87. The van der Waals surface area contributed by atoms with Crippen molar-refractivity contribution in [2.24, 2.45) is 0 Å². The SMILES string of the molecule is COC(=O)c1ccc(OC)cc1OCc1cc(F)cc2c1O[C@@H](c1ccccc1)OC2. The topological polar surface area (TPSA) is 63.2 Å². The van der Waals surface area contributed by atoms with Crippen LogP contribution in [0.5, 0.6) is 17.2 Å². The number of rotatable bonds is 6. The first-order chi connectivity index (χ1) is 15.1. The number of carbonyl (C=O) groups excluding carboxylic acids is 1. The average Bonchev–Trinajstić information content (AvgIpc) is 2.82. The Bertz CT molecular complexity index is 1080. The Kier molecular flexibility index (Phi) is 6.04. The summed E-state index contributed by atoms with van der Waals surface area (Å²) in [7, 11) is 2.80. The number of methoxy groups -OCH3 is 2. The fraction of sp³-hybridized carbons (Fsp3) is 0.208. The van der Waals surface area contributed by atoms with Crippen molar-refractivity contribution >= 4 is 5.97 Å². The quantitative estimate of drug-likeness (QED) is 0.530. The third kappa shape index (κ3) is 4.46. The molecule has 1 aliphatic heterocycles. The molecule has 3 aromatic carbocycles. The third-order valence-electron chi connectivity index (χ3n) is 4.87. The van der Waals surface area contributed by atoms with Crippen LogP contribution in [0.2, 0.25) is 0 Å². The number of benzene rings is 3. The predicted molar refractivity (Wildman–Crippen MR) is 110 cm³/mol. The van der Waals surface area contributed by atoms with E-state index in [0.717, 1.165) is 5.56 Å². The molecule has 0 aliphatic carbocycles. The fourth-order valence-electron chi connectivity index (χ4n) is 3.34. The Morgan fingerprint density at radius 3 is 2.65 bits per heavy atom. The minimum Gasteiger partial charge on any atom is -0.497 e. The number of carbonyl (C=O) groups is 1. The van der Waals surface area contributed by atoms with E-state index in [2.05, 4.69) is 0 Å². The Morgan fingerprint density at radius 2 is 1.90 bits per heavy atom. The molecule has 1 aliphatic rings. The number of fused-ring (bicyclic) bond motifs is 1. The van der Waals surface area contributed by atoms with Gasteiger partial charge in [0.25, 0.3) is 0 Å². The van der Waals surface area contributed by atoms with E-state index in [9.17, 15) is 9.18 Å². The van der Waals surface area contributed by atoms with Crippen molar-refractivity contribution in [1.29, 1.82) is 0 Å². The maximum atomic E-state index is 14.2. The summed E-state index contributed by atoms with van der Waals surface area (Å²) < 4.78 is 41.9. The highest BCUT2D eigenvalue weighted by atomic mass is 19.1. The van der Waals surface area contributed by atoms with Crippen LogP contribution in [0.15, 0.2) is 60.7 Å². The van der Waals surface area contributed by atoms with E-state index < -0.39 is 18.1 Å². The Hall–Kier alpha value is -3.58. The van der Waals surface area contributed by atoms with E-state index in [1.165, 1.54) is 26.4 Å². The summed E-state index contributed by atoms with van der Waals surface area (Å²) in [5.41, 5.74) is 2.17. The first kappa shape index (κ1) is 20.7. The largest absolute Gasteiger partial charge is 0.497 e. The maximum absolute atomic E-state index is 14.2. The fourth-order valence-corrected chi connectivity index (χ4v) is 3.34. The van der Waals surface area contributed by atoms with Gasteiger partial charge in [-0.3, -0.25) is 0 Å². The van der Waals surface area contributed by atoms with E-state index >= 15 is 0 Å². The lowest BCUT2D eigenvalue weighted by atomic mass is 10.1. The molecular formula is C24H21FO6. The molecule has 0 fully saturated rings. The normalized spacial score (nSPS) is 14.9. The van der Waals surface area contributed by atoms with Crippen molar-refractivity contribution < 1.29 is 32.9 Å². The summed E-state index contributed by atoms with van der Waals surface area (Å²) in [6.07, 6.45) is -0.611. The number of ether oxygens (including phenoxy) is 5. The van der Waals surface area contributed by atoms with Crippen LogP contribution >= 0.6 is 0 Å². The van der Waals surface area contributed by atoms with Crippen LogP contribution in [0.25, 0.3) is 0 Å². The second kappa shape index (κ2) is 9.06. The van der Waals surface area contributed by atoms with Gasteiger partial charge in [0.15, 0.2) is 0 Å². The van der Waals surface area contributed by atoms with Gasteiger partial charge in [-0.05, 0) is 24.3 Å². The van der Waals surface area contributed by atoms with Crippen LogP contribution < -0.4 is 14.2 Å². The highest BCUT2D eigenvalue weighted by Crippen LogP contribution is 2.37. The second-order valence-electron chi connectivity index (χ2n) is 6.87. The number of esters is 1. The van der Waals surface area contributed by atoms with E-state index in [4.69, 9.17) is 23.7 Å². The summed E-state index contributed by atoms with van der Waals surface area (Å²) in [5, 5.41) is 0. The van der Waals surface area contributed by atoms with E-state index in [1.807, 2.05) is 30.3 Å². The van der Waals surface area contributed by atoms with Gasteiger partial charge in [0.1, 0.15) is 35.2 Å². The van der Waals surface area contributed by atoms with Gasteiger partial charge >= 0.3 is 5.97 Å². The van der Waals surface area contributed by atoms with Gasteiger partial charge in [0.2, 0.25) is 6.29 Å². The molecule has 0 radical (unpaired) electrons. The molecule has 7 heteroatoms. The average molecular weight is 424 g/mol. The summed E-state index contributed by atoms with van der Waals surface area (Å²) in [5.74, 6) is 0.298. The molecule has 160 valence electrons. The van der Waals surface area contributed by atoms with E-state index in [1.54, 1.807) is 18.2 Å². The molecular weight excluding hydrogens is 403 g/mol. The van der Waals surface area contributed by atoms with Gasteiger partial charge in [-0.25, -0.2) is 9.18 Å². The number of hydrogen-bond donors (Lipinski definition) is 0. The molecule has 0 saturated heterocycles. The zero-order valence-corrected chi connectivity index (χ0v) is 17.1. The lowest BCUT2D eigenvalue weighted by molar-refractivity contribution is -0.112. The molecule has 0 amide bonds. The molecule has 31 heavy (non-hydrogen) atoms. The van der Waals surface area contributed by atoms with Crippen LogP contribution in [0.3, 0.4) is 0 Å². The van der Waals surface area contributed by atoms with Gasteiger partial charge in [-0.1, -0.05) is 30.3 Å². The predicted octanol–water partition coefficient (Wildman–Crippen LogP) is 4.81. The monoisotopic (exact) mass is 424 g/mol. The first-order valence-corrected chi connectivity index (χ1v) is 9.62. The van der Waals surface area contributed by atoms with Crippen molar-refractivity contribution in [3.8, 4) is 17.2 Å². The molecule has 6 nitrogen and oxygen atoms in total. The number of hydrogen-bond acceptors (Lipinski definition) is 6. The van der Waals surface area contributed by atoms with Crippen LogP contribution in [-0.4, -0.2) is 20.2 Å². The maximum Gasteiger partial charge on any atom is 0.341 e. The van der Waals surface area contributed by atoms with Gasteiger partial charge in [-0.15, -0.1) is 0 Å². The molecule has 1 atom stereocenters. The minimum atomic E-state index is -0.611. The summed E-state index contributed by atoms with van der Waals surface area (Å²) in [6, 6.07) is 17.0. The van der Waals surface area contributed by atoms with Crippen LogP contribution in [0, 0.1) is 5.82 Å². The number of halogens is 1. The molecule has 1 heterocycles. The van der Waals surface area contributed by atoms with Gasteiger partial charge in [0.05, 0.1) is 20.8 Å². The van der Waals surface area contributed by atoms with E-state index in [-0.39, 0.29) is 24.5 Å². The molecule has 3 aromatic rings. The summed E-state index contributed by atoms with van der Waals surface area (Å²) in [4.78, 5) is 12.1. The molecule has 0 bridgehead atoms. The van der Waals surface area contributed by atoms with Gasteiger partial charge < -0.3 is 23.7 Å². The lowest BCUT2D eigenvalue weighted by Gasteiger charge is -2.28. The molecule has 0 saturated carbocycles. The standard InChI is InChI=1S/C24H21FO6/c1-27-19-8-9-20(23(26)28-2)21(12-19)29-13-16-10-18(25)11-17-14-30-24(31-22(16)17)15-6-4-3-5-7-15/h3-12,24H,13-14H2,1-2H3/t24-/m0/s1. The van der Waals surface area contributed by atoms with Crippen molar-refractivity contribution in [3.63, 3.8) is 0 Å². The van der Waals surface area contributed by atoms with Crippen molar-refractivity contribution in [2.45, 2.75) is 19.5 Å². The van der Waals surface area contributed by atoms with Crippen LogP contribution in [-0.2, 0) is 22.7 Å². The van der Waals surface area contributed by atoms with Crippen LogP contribution in [0.1, 0.15) is 33.3 Å². The minimum absolute atomic E-state index is 0.0290. The van der Waals surface area contributed by atoms with Gasteiger partial charge in [0, 0.05) is 22.8 Å². The summed E-state index contributed by atoms with van der Waals surface area (Å²) in [6.45, 7) is 0.172. The van der Waals surface area contributed by atoms with Crippen LogP contribution in [0.4, 0.5) is 4.39 Å². The molecule has 4 rings (SSSR count). The zero-order chi connectivity index (χ0) is 21.8. The molecule has 0 aromatic heterocycles. The highest BCUT2D eigenvalue weighted by molar-refractivity contribution is 5.92. The molecule has 0 unspecified atom stereocenters. The molecule has 0 spiro atoms. The lowest BCUT2D eigenvalue weighted by Crippen LogP contribution is -2.20. The van der Waals surface area contributed by atoms with E-state index in [0.29, 0.717) is 22.6 Å². The molecule has 0 N–H and O–H groups in total. The Morgan fingerprint density at radius 1 is 1.10 bits per heavy atom. The van der Waals surface area contributed by atoms with Crippen molar-refractivity contribution in [3.05, 3.63) is 88.7 Å². The Balaban J connectivity index is 1.62. The zero-order valence-electron chi connectivity index (χ0n) is 17.1. The first-order valence-electron chi connectivity index (χ1n) is 9.62. The second-order valence-corrected chi connectivity index (χ2v) is 6.87. The Labute approximate surface area is 179 Å². The van der Waals surface area contributed by atoms with Crippen molar-refractivity contribution in [1.82, 2.24) is 0 Å². The summed E-state index contributed by atoms with van der Waals surface area (Å²) >= 11 is 0. The smallest absolute Gasteiger partial charge is 0.341 e.